The standard InChI is InChI=1S/C10H8ClFO2/c11-7-3-6(4-8(12)5-7)9-1-2-10(13)14-9/h3-5,9H,1-2H2. The highest BCUT2D eigenvalue weighted by atomic mass is 35.5. The topological polar surface area (TPSA) is 26.3 Å². The van der Waals surface area contributed by atoms with Crippen LogP contribution in [0.4, 0.5) is 4.39 Å². The van der Waals surface area contributed by atoms with E-state index in [0.29, 0.717) is 23.4 Å². The summed E-state index contributed by atoms with van der Waals surface area (Å²) >= 11 is 5.68. The second kappa shape index (κ2) is 3.58. The van der Waals surface area contributed by atoms with Gasteiger partial charge in [-0.3, -0.25) is 4.79 Å². The second-order valence-corrected chi connectivity index (χ2v) is 3.66. The summed E-state index contributed by atoms with van der Waals surface area (Å²) in [7, 11) is 0. The largest absolute Gasteiger partial charge is 0.457 e. The zero-order valence-corrected chi connectivity index (χ0v) is 8.05. The van der Waals surface area contributed by atoms with Gasteiger partial charge in [0.15, 0.2) is 0 Å². The Bertz CT molecular complexity index is 358. The van der Waals surface area contributed by atoms with Gasteiger partial charge < -0.3 is 4.74 Å². The minimum atomic E-state index is -0.407. The van der Waals surface area contributed by atoms with Crippen LogP contribution in [0, 0.1) is 5.82 Å². The maximum Gasteiger partial charge on any atom is 0.306 e. The Morgan fingerprint density at radius 1 is 1.43 bits per heavy atom. The lowest BCUT2D eigenvalue weighted by Crippen LogP contribution is -1.99. The Balaban J connectivity index is 2.27. The first-order chi connectivity index (χ1) is 6.65. The number of esters is 1. The predicted molar refractivity (Wildman–Crippen MR) is 49.5 cm³/mol. The molecule has 2 rings (SSSR count). The molecule has 1 fully saturated rings. The number of carbonyl (C=O) groups is 1. The van der Waals surface area contributed by atoms with Gasteiger partial charge in [-0.25, -0.2) is 4.39 Å². The van der Waals surface area contributed by atoms with Crippen LogP contribution in [0.5, 0.6) is 0 Å². The fraction of sp³-hybridized carbons (Fsp3) is 0.300. The summed E-state index contributed by atoms with van der Waals surface area (Å²) in [6, 6.07) is 4.19. The molecule has 0 bridgehead atoms. The van der Waals surface area contributed by atoms with Crippen LogP contribution in [-0.2, 0) is 9.53 Å². The van der Waals surface area contributed by atoms with Crippen molar-refractivity contribution < 1.29 is 13.9 Å². The third-order valence-corrected chi connectivity index (χ3v) is 2.36. The molecule has 0 aromatic heterocycles. The Kier molecular flexibility index (Phi) is 2.42. The SMILES string of the molecule is O=C1CCC(c2cc(F)cc(Cl)c2)O1. The molecule has 0 saturated carbocycles. The summed E-state index contributed by atoms with van der Waals surface area (Å²) in [6.07, 6.45) is 0.646. The van der Waals surface area contributed by atoms with Crippen LogP contribution in [-0.4, -0.2) is 5.97 Å². The fourth-order valence-corrected chi connectivity index (χ4v) is 1.75. The van der Waals surface area contributed by atoms with Gasteiger partial charge in [0, 0.05) is 11.4 Å². The number of halogens is 2. The number of rotatable bonds is 1. The van der Waals surface area contributed by atoms with Gasteiger partial charge in [-0.05, 0) is 30.2 Å². The van der Waals surface area contributed by atoms with E-state index in [1.54, 1.807) is 6.07 Å². The minimum absolute atomic E-state index is 0.240. The molecular weight excluding hydrogens is 207 g/mol. The monoisotopic (exact) mass is 214 g/mol. The number of ether oxygens (including phenoxy) is 1. The van der Waals surface area contributed by atoms with Crippen molar-refractivity contribution in [2.75, 3.05) is 0 Å². The van der Waals surface area contributed by atoms with Crippen molar-refractivity contribution in [2.24, 2.45) is 0 Å². The molecule has 0 aliphatic carbocycles. The van der Waals surface area contributed by atoms with E-state index >= 15 is 0 Å². The first-order valence-electron chi connectivity index (χ1n) is 4.30. The van der Waals surface area contributed by atoms with Gasteiger partial charge >= 0.3 is 5.97 Å². The number of hydrogen-bond acceptors (Lipinski definition) is 2. The van der Waals surface area contributed by atoms with E-state index in [0.717, 1.165) is 0 Å². The summed E-state index contributed by atoms with van der Waals surface area (Å²) in [4.78, 5) is 10.8. The first-order valence-corrected chi connectivity index (χ1v) is 4.68. The van der Waals surface area contributed by atoms with Crippen molar-refractivity contribution in [1.29, 1.82) is 0 Å². The van der Waals surface area contributed by atoms with Crippen molar-refractivity contribution in [3.05, 3.63) is 34.6 Å². The number of hydrogen-bond donors (Lipinski definition) is 0. The average Bonchev–Trinajstić information content (AvgIpc) is 2.50. The fourth-order valence-electron chi connectivity index (χ4n) is 1.52. The lowest BCUT2D eigenvalue weighted by molar-refractivity contribution is -0.141. The molecule has 74 valence electrons. The van der Waals surface area contributed by atoms with Crippen LogP contribution in [0.25, 0.3) is 0 Å². The molecule has 4 heteroatoms. The molecule has 1 heterocycles. The van der Waals surface area contributed by atoms with Crippen molar-refractivity contribution >= 4 is 17.6 Å². The summed E-state index contributed by atoms with van der Waals surface area (Å²) in [5.41, 5.74) is 0.626. The van der Waals surface area contributed by atoms with Crippen molar-refractivity contribution in [3.63, 3.8) is 0 Å². The van der Waals surface area contributed by atoms with Gasteiger partial charge in [-0.2, -0.15) is 0 Å². The van der Waals surface area contributed by atoms with Crippen molar-refractivity contribution in [1.82, 2.24) is 0 Å². The molecule has 1 atom stereocenters. The first kappa shape index (κ1) is 9.46. The molecule has 2 nitrogen and oxygen atoms in total. The van der Waals surface area contributed by atoms with E-state index in [2.05, 4.69) is 0 Å². The molecule has 0 spiro atoms. The number of carbonyl (C=O) groups excluding carboxylic acids is 1. The van der Waals surface area contributed by atoms with E-state index in [1.165, 1.54) is 12.1 Å². The van der Waals surface area contributed by atoms with Crippen LogP contribution in [0.3, 0.4) is 0 Å². The Morgan fingerprint density at radius 2 is 2.21 bits per heavy atom. The quantitative estimate of drug-likeness (QED) is 0.672. The van der Waals surface area contributed by atoms with Gasteiger partial charge in [0.2, 0.25) is 0 Å². The van der Waals surface area contributed by atoms with Crippen LogP contribution in [0.15, 0.2) is 18.2 Å². The molecule has 1 aromatic carbocycles. The van der Waals surface area contributed by atoms with Gasteiger partial charge in [0.25, 0.3) is 0 Å². The van der Waals surface area contributed by atoms with E-state index in [1.807, 2.05) is 0 Å². The molecule has 0 amide bonds. The summed E-state index contributed by atoms with van der Waals surface area (Å²) in [6.45, 7) is 0. The van der Waals surface area contributed by atoms with Crippen LogP contribution < -0.4 is 0 Å². The maximum absolute atomic E-state index is 13.0. The van der Waals surface area contributed by atoms with Gasteiger partial charge in [0.05, 0.1) is 0 Å². The third kappa shape index (κ3) is 1.87. The second-order valence-electron chi connectivity index (χ2n) is 3.22. The zero-order chi connectivity index (χ0) is 10.1. The van der Waals surface area contributed by atoms with Crippen LogP contribution in [0.1, 0.15) is 24.5 Å². The summed E-state index contributed by atoms with van der Waals surface area (Å²) < 4.78 is 17.9. The lowest BCUT2D eigenvalue weighted by atomic mass is 10.1. The highest BCUT2D eigenvalue weighted by Crippen LogP contribution is 2.31. The highest BCUT2D eigenvalue weighted by Gasteiger charge is 2.25. The van der Waals surface area contributed by atoms with E-state index < -0.39 is 5.82 Å². The Hall–Kier alpha value is -1.09. The predicted octanol–water partition coefficient (Wildman–Crippen LogP) is 2.86. The van der Waals surface area contributed by atoms with E-state index in [9.17, 15) is 9.18 Å². The van der Waals surface area contributed by atoms with Gasteiger partial charge in [-0.15, -0.1) is 0 Å². The normalized spacial score (nSPS) is 21.0. The lowest BCUT2D eigenvalue weighted by Gasteiger charge is -2.09. The molecule has 1 saturated heterocycles. The van der Waals surface area contributed by atoms with Crippen molar-refractivity contribution in [2.45, 2.75) is 18.9 Å². The molecule has 0 radical (unpaired) electrons. The Morgan fingerprint density at radius 3 is 2.79 bits per heavy atom. The van der Waals surface area contributed by atoms with Gasteiger partial charge in [-0.1, -0.05) is 11.6 Å². The molecule has 14 heavy (non-hydrogen) atoms. The zero-order valence-electron chi connectivity index (χ0n) is 7.30. The third-order valence-electron chi connectivity index (χ3n) is 2.14. The van der Waals surface area contributed by atoms with Crippen LogP contribution >= 0.6 is 11.6 Å². The highest BCUT2D eigenvalue weighted by molar-refractivity contribution is 6.30. The maximum atomic E-state index is 13.0. The smallest absolute Gasteiger partial charge is 0.306 e. The van der Waals surface area contributed by atoms with Gasteiger partial charge in [0.1, 0.15) is 11.9 Å². The molecule has 0 N–H and O–H groups in total. The minimum Gasteiger partial charge on any atom is -0.457 e. The van der Waals surface area contributed by atoms with Crippen molar-refractivity contribution in [3.8, 4) is 0 Å². The molecular formula is C10H8ClFO2. The number of cyclic esters (lactones) is 1. The average molecular weight is 215 g/mol. The summed E-state index contributed by atoms with van der Waals surface area (Å²) in [5.74, 6) is -0.647. The number of benzene rings is 1. The van der Waals surface area contributed by atoms with E-state index in [-0.39, 0.29) is 12.1 Å². The molecule has 1 unspecified atom stereocenters. The van der Waals surface area contributed by atoms with E-state index in [4.69, 9.17) is 16.3 Å². The summed E-state index contributed by atoms with van der Waals surface area (Å²) in [5, 5.41) is 0.322. The molecule has 1 aliphatic rings. The Labute approximate surface area is 85.6 Å². The van der Waals surface area contributed by atoms with Crippen LogP contribution in [0.2, 0.25) is 5.02 Å². The molecule has 1 aromatic rings. The molecule has 1 aliphatic heterocycles.